The van der Waals surface area contributed by atoms with Crippen molar-refractivity contribution in [3.63, 3.8) is 0 Å². The molecule has 0 fully saturated rings. The molecule has 0 atom stereocenters. The zero-order valence-electron chi connectivity index (χ0n) is 12.9. The van der Waals surface area contributed by atoms with Crippen LogP contribution in [-0.4, -0.2) is 19.1 Å². The van der Waals surface area contributed by atoms with Gasteiger partial charge in [-0.05, 0) is 55.5 Å². The third-order valence-electron chi connectivity index (χ3n) is 3.45. The summed E-state index contributed by atoms with van der Waals surface area (Å²) in [5.74, 6) is 0.103. The monoisotopic (exact) mass is 299 g/mol. The summed E-state index contributed by atoms with van der Waals surface area (Å²) < 4.78 is 0. The molecule has 0 aliphatic rings. The third kappa shape index (κ3) is 3.22. The summed E-state index contributed by atoms with van der Waals surface area (Å²) in [6, 6.07) is 12.5. The van der Waals surface area contributed by atoms with Crippen LogP contribution < -0.4 is 10.6 Å². The number of nitrogens with one attached hydrogen (secondary N) is 1. The van der Waals surface area contributed by atoms with Crippen LogP contribution in [-0.2, 0) is 0 Å². The number of hydrogen-bond acceptors (Lipinski definition) is 3. The molecule has 0 radical (unpaired) electrons. The van der Waals surface area contributed by atoms with Gasteiger partial charge in [-0.1, -0.05) is 12.1 Å². The number of thioether (sulfide) groups is 1. The number of rotatable bonds is 4. The molecule has 4 heteroatoms. The molecule has 0 unspecified atom stereocenters. The van der Waals surface area contributed by atoms with Crippen LogP contribution in [0.25, 0.3) is 0 Å². The van der Waals surface area contributed by atoms with E-state index in [2.05, 4.69) is 36.9 Å². The van der Waals surface area contributed by atoms with Crippen LogP contribution >= 0.6 is 11.8 Å². The largest absolute Gasteiger partial charge is 0.384 e. The van der Waals surface area contributed by atoms with Gasteiger partial charge in [0.05, 0.1) is 11.3 Å². The lowest BCUT2D eigenvalue weighted by atomic mass is 10.1. The van der Waals surface area contributed by atoms with E-state index in [0.717, 1.165) is 21.8 Å². The van der Waals surface area contributed by atoms with Crippen molar-refractivity contribution in [1.82, 2.24) is 0 Å². The van der Waals surface area contributed by atoms with Crippen LogP contribution in [0.15, 0.2) is 41.3 Å². The number of anilines is 2. The standard InChI is InChI=1S/C17H21N3S/c1-11-8-12(2)10-13(9-11)20(3)14-6-5-7-15(21-4)16(14)17(18)19/h5-10H,1-4H3,(H3,18,19). The van der Waals surface area contributed by atoms with Gasteiger partial charge in [-0.2, -0.15) is 0 Å². The summed E-state index contributed by atoms with van der Waals surface area (Å²) >= 11 is 1.61. The number of nitrogen functional groups attached to an aromatic ring is 1. The average molecular weight is 299 g/mol. The summed E-state index contributed by atoms with van der Waals surface area (Å²) in [5.41, 5.74) is 11.1. The van der Waals surface area contributed by atoms with Crippen LogP contribution in [0.4, 0.5) is 11.4 Å². The Kier molecular flexibility index (Phi) is 4.58. The number of aryl methyl sites for hydroxylation is 2. The molecule has 2 aromatic rings. The van der Waals surface area contributed by atoms with Gasteiger partial charge in [0.2, 0.25) is 0 Å². The van der Waals surface area contributed by atoms with E-state index >= 15 is 0 Å². The Morgan fingerprint density at radius 1 is 1.14 bits per heavy atom. The fourth-order valence-corrected chi connectivity index (χ4v) is 3.16. The summed E-state index contributed by atoms with van der Waals surface area (Å²) in [6.45, 7) is 4.18. The van der Waals surface area contributed by atoms with Crippen molar-refractivity contribution in [2.24, 2.45) is 5.73 Å². The van der Waals surface area contributed by atoms with E-state index in [9.17, 15) is 0 Å². The second-order valence-corrected chi connectivity index (χ2v) is 6.02. The highest BCUT2D eigenvalue weighted by atomic mass is 32.2. The minimum Gasteiger partial charge on any atom is -0.384 e. The van der Waals surface area contributed by atoms with Gasteiger partial charge < -0.3 is 10.6 Å². The van der Waals surface area contributed by atoms with Gasteiger partial charge >= 0.3 is 0 Å². The van der Waals surface area contributed by atoms with E-state index in [4.69, 9.17) is 11.1 Å². The van der Waals surface area contributed by atoms with E-state index < -0.39 is 0 Å². The zero-order valence-corrected chi connectivity index (χ0v) is 13.7. The maximum Gasteiger partial charge on any atom is 0.126 e. The van der Waals surface area contributed by atoms with Crippen molar-refractivity contribution in [3.8, 4) is 0 Å². The first-order valence-corrected chi connectivity index (χ1v) is 8.00. The van der Waals surface area contributed by atoms with Crippen molar-refractivity contribution in [2.75, 3.05) is 18.2 Å². The van der Waals surface area contributed by atoms with E-state index in [0.29, 0.717) is 0 Å². The first-order valence-electron chi connectivity index (χ1n) is 6.77. The lowest BCUT2D eigenvalue weighted by molar-refractivity contribution is 1.17. The van der Waals surface area contributed by atoms with Crippen molar-refractivity contribution in [1.29, 1.82) is 5.41 Å². The number of hydrogen-bond donors (Lipinski definition) is 2. The molecule has 0 amide bonds. The summed E-state index contributed by atoms with van der Waals surface area (Å²) in [4.78, 5) is 3.12. The second-order valence-electron chi connectivity index (χ2n) is 5.17. The lowest BCUT2D eigenvalue weighted by Crippen LogP contribution is -2.19. The molecule has 21 heavy (non-hydrogen) atoms. The van der Waals surface area contributed by atoms with Gasteiger partial charge in [-0.15, -0.1) is 11.8 Å². The molecule has 0 saturated carbocycles. The lowest BCUT2D eigenvalue weighted by Gasteiger charge is -2.24. The number of nitrogens with zero attached hydrogens (tertiary/aromatic N) is 1. The van der Waals surface area contributed by atoms with Gasteiger partial charge in [-0.3, -0.25) is 5.41 Å². The molecule has 2 rings (SSSR count). The molecule has 3 N–H and O–H groups in total. The van der Waals surface area contributed by atoms with Gasteiger partial charge in [-0.25, -0.2) is 0 Å². The Morgan fingerprint density at radius 2 is 1.76 bits per heavy atom. The number of amidine groups is 1. The van der Waals surface area contributed by atoms with Crippen LogP contribution in [0.1, 0.15) is 16.7 Å². The van der Waals surface area contributed by atoms with Crippen LogP contribution in [0, 0.1) is 19.3 Å². The van der Waals surface area contributed by atoms with E-state index in [1.165, 1.54) is 11.1 Å². The fraction of sp³-hybridized carbons (Fsp3) is 0.235. The Hall–Kier alpha value is -1.94. The third-order valence-corrected chi connectivity index (χ3v) is 4.23. The van der Waals surface area contributed by atoms with Crippen molar-refractivity contribution >= 4 is 29.0 Å². The first-order chi connectivity index (χ1) is 9.93. The average Bonchev–Trinajstić information content (AvgIpc) is 2.44. The van der Waals surface area contributed by atoms with Gasteiger partial charge in [0, 0.05) is 17.6 Å². The highest BCUT2D eigenvalue weighted by Gasteiger charge is 2.15. The van der Waals surface area contributed by atoms with Crippen molar-refractivity contribution in [3.05, 3.63) is 53.1 Å². The highest BCUT2D eigenvalue weighted by Crippen LogP contribution is 2.33. The SMILES string of the molecule is CSc1cccc(N(C)c2cc(C)cc(C)c2)c1C(=N)N. The van der Waals surface area contributed by atoms with E-state index in [1.807, 2.05) is 31.5 Å². The van der Waals surface area contributed by atoms with Gasteiger partial charge in [0.15, 0.2) is 0 Å². The first kappa shape index (κ1) is 15.4. The van der Waals surface area contributed by atoms with Crippen LogP contribution in [0.3, 0.4) is 0 Å². The topological polar surface area (TPSA) is 53.1 Å². The Balaban J connectivity index is 2.57. The summed E-state index contributed by atoms with van der Waals surface area (Å²) in [5, 5.41) is 7.90. The normalized spacial score (nSPS) is 10.5. The smallest absolute Gasteiger partial charge is 0.126 e. The van der Waals surface area contributed by atoms with E-state index in [1.54, 1.807) is 11.8 Å². The maximum atomic E-state index is 7.90. The molecule has 110 valence electrons. The van der Waals surface area contributed by atoms with Gasteiger partial charge in [0.1, 0.15) is 5.84 Å². The number of nitrogens with two attached hydrogens (primary N) is 1. The molecule has 0 aliphatic carbocycles. The molecule has 0 saturated heterocycles. The molecule has 3 nitrogen and oxygen atoms in total. The molecular weight excluding hydrogens is 278 g/mol. The summed E-state index contributed by atoms with van der Waals surface area (Å²) in [7, 11) is 2.01. The van der Waals surface area contributed by atoms with Crippen LogP contribution in [0.2, 0.25) is 0 Å². The quantitative estimate of drug-likeness (QED) is 0.508. The molecule has 0 heterocycles. The second kappa shape index (κ2) is 6.22. The van der Waals surface area contributed by atoms with Gasteiger partial charge in [0.25, 0.3) is 0 Å². The predicted molar refractivity (Wildman–Crippen MR) is 93.2 cm³/mol. The van der Waals surface area contributed by atoms with E-state index in [-0.39, 0.29) is 5.84 Å². The Labute approximate surface area is 130 Å². The molecule has 0 spiro atoms. The molecule has 0 aliphatic heterocycles. The molecular formula is C17H21N3S. The maximum absolute atomic E-state index is 7.90. The van der Waals surface area contributed by atoms with Crippen molar-refractivity contribution in [2.45, 2.75) is 18.7 Å². The minimum absolute atomic E-state index is 0.103. The molecule has 0 aromatic heterocycles. The highest BCUT2D eigenvalue weighted by molar-refractivity contribution is 7.98. The number of benzene rings is 2. The molecule has 2 aromatic carbocycles. The molecule has 0 bridgehead atoms. The Bertz CT molecular complexity index is 659. The minimum atomic E-state index is 0.103. The zero-order chi connectivity index (χ0) is 15.6. The fourth-order valence-electron chi connectivity index (χ4n) is 2.52. The van der Waals surface area contributed by atoms with Crippen molar-refractivity contribution < 1.29 is 0 Å². The van der Waals surface area contributed by atoms with Crippen LogP contribution in [0.5, 0.6) is 0 Å². The predicted octanol–water partition coefficient (Wildman–Crippen LogP) is 4.08. The Morgan fingerprint density at radius 3 is 2.29 bits per heavy atom. The summed E-state index contributed by atoms with van der Waals surface area (Å²) in [6.07, 6.45) is 2.00.